The number of hydrogen-bond acceptors (Lipinski definition) is 6. The van der Waals surface area contributed by atoms with Crippen LogP contribution < -0.4 is 5.32 Å². The molecule has 2 rings (SSSR count). The summed E-state index contributed by atoms with van der Waals surface area (Å²) < 4.78 is 3.92. The summed E-state index contributed by atoms with van der Waals surface area (Å²) >= 11 is 3.16. The molecule has 2 aromatic rings. The number of nitrogens with zero attached hydrogens (tertiary/aromatic N) is 3. The largest absolute Gasteiger partial charge is 0.308 e. The third-order valence-electron chi connectivity index (χ3n) is 2.64. The lowest BCUT2D eigenvalue weighted by molar-refractivity contribution is 0.534. The van der Waals surface area contributed by atoms with Crippen LogP contribution in [0.4, 0.5) is 0 Å². The number of hydrogen-bond donors (Lipinski definition) is 1. The second-order valence-electron chi connectivity index (χ2n) is 3.89. The summed E-state index contributed by atoms with van der Waals surface area (Å²) in [4.78, 5) is 5.87. The highest BCUT2D eigenvalue weighted by Gasteiger charge is 2.16. The van der Waals surface area contributed by atoms with Crippen LogP contribution in [0.3, 0.4) is 0 Å². The maximum Gasteiger partial charge on any atom is 0.0950 e. The molecule has 0 aromatic carbocycles. The lowest BCUT2D eigenvalue weighted by Gasteiger charge is -2.13. The van der Waals surface area contributed by atoms with E-state index in [2.05, 4.69) is 40.7 Å². The first-order valence-electron chi connectivity index (χ1n) is 5.64. The molecule has 92 valence electrons. The molecule has 17 heavy (non-hydrogen) atoms. The summed E-state index contributed by atoms with van der Waals surface area (Å²) in [5.74, 6) is 0. The minimum atomic E-state index is 0.226. The topological polar surface area (TPSA) is 50.7 Å². The van der Waals surface area contributed by atoms with Crippen molar-refractivity contribution < 1.29 is 0 Å². The van der Waals surface area contributed by atoms with Gasteiger partial charge in [-0.05, 0) is 31.9 Å². The zero-order valence-electron chi connectivity index (χ0n) is 10.2. The van der Waals surface area contributed by atoms with E-state index < -0.39 is 0 Å². The van der Waals surface area contributed by atoms with Gasteiger partial charge in [-0.3, -0.25) is 0 Å². The molecular formula is C11H16N4S2. The number of nitrogens with one attached hydrogen (secondary N) is 1. The van der Waals surface area contributed by atoms with E-state index in [1.165, 1.54) is 21.4 Å². The van der Waals surface area contributed by atoms with Crippen LogP contribution in [0.1, 0.15) is 34.2 Å². The zero-order valence-corrected chi connectivity index (χ0v) is 11.9. The van der Waals surface area contributed by atoms with Crippen LogP contribution in [-0.4, -0.2) is 21.1 Å². The molecule has 2 heterocycles. The van der Waals surface area contributed by atoms with Crippen molar-refractivity contribution in [1.29, 1.82) is 0 Å². The Morgan fingerprint density at radius 3 is 2.76 bits per heavy atom. The summed E-state index contributed by atoms with van der Waals surface area (Å²) in [6.07, 6.45) is 0.888. The van der Waals surface area contributed by atoms with E-state index in [1.54, 1.807) is 11.3 Å². The third-order valence-corrected chi connectivity index (χ3v) is 4.25. The highest BCUT2D eigenvalue weighted by Crippen LogP contribution is 2.22. The molecule has 1 N–H and O–H groups in total. The molecule has 2 aromatic heterocycles. The Hall–Kier alpha value is -0.850. The fraction of sp³-hybridized carbons (Fsp3) is 0.545. The van der Waals surface area contributed by atoms with Gasteiger partial charge in [0.2, 0.25) is 0 Å². The number of aryl methyl sites for hydroxylation is 2. The minimum Gasteiger partial charge on any atom is -0.308 e. The van der Waals surface area contributed by atoms with Crippen molar-refractivity contribution in [3.63, 3.8) is 0 Å². The molecule has 0 fully saturated rings. The van der Waals surface area contributed by atoms with Gasteiger partial charge in [0.1, 0.15) is 0 Å². The van der Waals surface area contributed by atoms with Crippen molar-refractivity contribution in [2.45, 2.75) is 33.2 Å². The normalized spacial score (nSPS) is 12.9. The van der Waals surface area contributed by atoms with Gasteiger partial charge < -0.3 is 5.32 Å². The van der Waals surface area contributed by atoms with Crippen molar-refractivity contribution in [2.75, 3.05) is 6.54 Å². The van der Waals surface area contributed by atoms with Crippen molar-refractivity contribution >= 4 is 22.9 Å². The van der Waals surface area contributed by atoms with Crippen molar-refractivity contribution in [2.24, 2.45) is 0 Å². The Balaban J connectivity index is 2.13. The smallest absolute Gasteiger partial charge is 0.0950 e. The Morgan fingerprint density at radius 1 is 1.41 bits per heavy atom. The first-order chi connectivity index (χ1) is 8.20. The highest BCUT2D eigenvalue weighted by molar-refractivity contribution is 7.11. The van der Waals surface area contributed by atoms with Gasteiger partial charge in [-0.2, -0.15) is 0 Å². The number of thiazole rings is 1. The monoisotopic (exact) mass is 268 g/mol. The second kappa shape index (κ2) is 5.66. The molecule has 0 radical (unpaired) electrons. The van der Waals surface area contributed by atoms with E-state index >= 15 is 0 Å². The third kappa shape index (κ3) is 3.08. The van der Waals surface area contributed by atoms with Crippen molar-refractivity contribution in [3.05, 3.63) is 26.7 Å². The minimum absolute atomic E-state index is 0.226. The zero-order chi connectivity index (χ0) is 12.3. The van der Waals surface area contributed by atoms with Gasteiger partial charge in [0.25, 0.3) is 0 Å². The maximum atomic E-state index is 4.58. The van der Waals surface area contributed by atoms with E-state index in [-0.39, 0.29) is 6.04 Å². The van der Waals surface area contributed by atoms with E-state index in [9.17, 15) is 0 Å². The predicted molar refractivity (Wildman–Crippen MR) is 71.6 cm³/mol. The van der Waals surface area contributed by atoms with Crippen LogP contribution in [0.25, 0.3) is 0 Å². The van der Waals surface area contributed by atoms with Gasteiger partial charge in [-0.25, -0.2) is 4.98 Å². The van der Waals surface area contributed by atoms with Crippen molar-refractivity contribution in [1.82, 2.24) is 19.9 Å². The average Bonchev–Trinajstić information content (AvgIpc) is 2.89. The van der Waals surface area contributed by atoms with E-state index in [1.807, 2.05) is 5.38 Å². The average molecular weight is 268 g/mol. The van der Waals surface area contributed by atoms with Gasteiger partial charge in [0, 0.05) is 16.7 Å². The standard InChI is InChI=1S/C11H16N4S2/c1-4-12-9(10-6-16-15-14-10)5-11-13-7(2)8(3)17-11/h6,9,12H,4-5H2,1-3H3. The molecule has 0 saturated carbocycles. The first kappa shape index (κ1) is 12.6. The van der Waals surface area contributed by atoms with E-state index in [0.29, 0.717) is 0 Å². The molecule has 1 unspecified atom stereocenters. The Bertz CT molecular complexity index is 444. The van der Waals surface area contributed by atoms with Gasteiger partial charge in [0.15, 0.2) is 0 Å². The van der Waals surface area contributed by atoms with Crippen molar-refractivity contribution in [3.8, 4) is 0 Å². The molecule has 0 bridgehead atoms. The van der Waals surface area contributed by atoms with Crippen LogP contribution in [0.2, 0.25) is 0 Å². The molecule has 6 heteroatoms. The quantitative estimate of drug-likeness (QED) is 0.905. The van der Waals surface area contributed by atoms with Gasteiger partial charge >= 0.3 is 0 Å². The Kier molecular flexibility index (Phi) is 4.20. The van der Waals surface area contributed by atoms with Crippen LogP contribution in [0, 0.1) is 13.8 Å². The molecular weight excluding hydrogens is 252 g/mol. The first-order valence-corrected chi connectivity index (χ1v) is 7.29. The fourth-order valence-corrected chi connectivity index (χ4v) is 3.14. The van der Waals surface area contributed by atoms with Crippen LogP contribution in [0.15, 0.2) is 5.38 Å². The van der Waals surface area contributed by atoms with Gasteiger partial charge in [-0.15, -0.1) is 16.4 Å². The Labute approximate surface area is 109 Å². The SMILES string of the molecule is CCNC(Cc1nc(C)c(C)s1)c1csnn1. The van der Waals surface area contributed by atoms with E-state index in [0.717, 1.165) is 24.4 Å². The summed E-state index contributed by atoms with van der Waals surface area (Å²) in [6, 6.07) is 0.226. The number of likely N-dealkylation sites (N-methyl/N-ethyl adjacent to an activating group) is 1. The molecule has 0 aliphatic rings. The van der Waals surface area contributed by atoms with E-state index in [4.69, 9.17) is 0 Å². The molecule has 0 saturated heterocycles. The lowest BCUT2D eigenvalue weighted by atomic mass is 10.1. The molecule has 0 aliphatic heterocycles. The molecule has 0 aliphatic carbocycles. The summed E-state index contributed by atoms with van der Waals surface area (Å²) in [6.45, 7) is 7.20. The summed E-state index contributed by atoms with van der Waals surface area (Å²) in [7, 11) is 0. The molecule has 1 atom stereocenters. The lowest BCUT2D eigenvalue weighted by Crippen LogP contribution is -2.23. The van der Waals surface area contributed by atoms with Gasteiger partial charge in [-0.1, -0.05) is 11.4 Å². The summed E-state index contributed by atoms with van der Waals surface area (Å²) in [5.41, 5.74) is 2.15. The molecule has 0 spiro atoms. The molecule has 4 nitrogen and oxygen atoms in total. The second-order valence-corrected chi connectivity index (χ2v) is 5.79. The molecule has 0 amide bonds. The van der Waals surface area contributed by atoms with Crippen LogP contribution >= 0.6 is 22.9 Å². The maximum absolute atomic E-state index is 4.58. The van der Waals surface area contributed by atoms with Crippen LogP contribution in [-0.2, 0) is 6.42 Å². The predicted octanol–water partition coefficient (Wildman–Crippen LogP) is 2.50. The number of aromatic nitrogens is 3. The van der Waals surface area contributed by atoms with Crippen LogP contribution in [0.5, 0.6) is 0 Å². The number of rotatable bonds is 5. The fourth-order valence-electron chi connectivity index (χ4n) is 1.65. The Morgan fingerprint density at radius 2 is 2.24 bits per heavy atom. The highest BCUT2D eigenvalue weighted by atomic mass is 32.1. The van der Waals surface area contributed by atoms with Gasteiger partial charge in [0.05, 0.1) is 22.4 Å². The summed E-state index contributed by atoms with van der Waals surface area (Å²) in [5, 5.41) is 10.7.